The molecule has 3 nitrogen and oxygen atoms in total. The molecule has 60 valence electrons. The number of pyridine rings is 1. The van der Waals surface area contributed by atoms with Gasteiger partial charge in [0.2, 0.25) is 5.88 Å². The third-order valence-corrected chi connectivity index (χ3v) is 2.40. The van der Waals surface area contributed by atoms with Gasteiger partial charge < -0.3 is 10.5 Å². The molecule has 0 unspecified atom stereocenters. The van der Waals surface area contributed by atoms with Crippen LogP contribution in [-0.4, -0.2) is 12.1 Å². The maximum Gasteiger partial charge on any atom is 0.228 e. The fraction of sp³-hybridized carbons (Fsp3) is 0.286. The molecule has 1 aromatic heterocycles. The fourth-order valence-corrected chi connectivity index (χ4v) is 1.20. The van der Waals surface area contributed by atoms with Gasteiger partial charge in [-0.1, -0.05) is 0 Å². The molecule has 4 heteroatoms. The van der Waals surface area contributed by atoms with Gasteiger partial charge in [-0.3, -0.25) is 0 Å². The Hall–Kier alpha value is -0.770. The summed E-state index contributed by atoms with van der Waals surface area (Å²) < 4.78 is 5.79. The second-order valence-electron chi connectivity index (χ2n) is 2.16. The largest absolute Gasteiger partial charge is 0.480 e. The number of hydrogen-bond acceptors (Lipinski definition) is 3. The Morgan fingerprint density at radius 2 is 2.27 bits per heavy atom. The van der Waals surface area contributed by atoms with Gasteiger partial charge in [-0.2, -0.15) is 0 Å². The van der Waals surface area contributed by atoms with Gasteiger partial charge in [-0.05, 0) is 28.4 Å². The van der Waals surface area contributed by atoms with Crippen LogP contribution in [0.15, 0.2) is 10.7 Å². The summed E-state index contributed by atoms with van der Waals surface area (Å²) in [5.41, 5.74) is 7.22. The fourth-order valence-electron chi connectivity index (χ4n) is 0.711. The van der Waals surface area contributed by atoms with E-state index in [1.54, 1.807) is 13.3 Å². The van der Waals surface area contributed by atoms with Crippen LogP contribution in [0.25, 0.3) is 0 Å². The lowest BCUT2D eigenvalue weighted by atomic mass is 10.2. The quantitative estimate of drug-likeness (QED) is 0.779. The van der Waals surface area contributed by atoms with Crippen LogP contribution in [0, 0.1) is 6.92 Å². The Balaban J connectivity index is 3.25. The monoisotopic (exact) mass is 216 g/mol. The molecule has 0 aliphatic carbocycles. The van der Waals surface area contributed by atoms with Crippen molar-refractivity contribution in [1.82, 2.24) is 4.98 Å². The number of halogens is 1. The van der Waals surface area contributed by atoms with Crippen LogP contribution in [-0.2, 0) is 0 Å². The number of rotatable bonds is 1. The highest BCUT2D eigenvalue weighted by Gasteiger charge is 2.06. The number of methoxy groups -OCH3 is 1. The number of ether oxygens (including phenoxy) is 1. The number of nitrogen functional groups attached to an aromatic ring is 1. The highest BCUT2D eigenvalue weighted by Crippen LogP contribution is 2.28. The molecule has 0 spiro atoms. The van der Waals surface area contributed by atoms with Crippen molar-refractivity contribution in [3.05, 3.63) is 16.2 Å². The molecule has 0 saturated carbocycles. The van der Waals surface area contributed by atoms with E-state index in [1.165, 1.54) is 0 Å². The van der Waals surface area contributed by atoms with Gasteiger partial charge in [0.15, 0.2) is 0 Å². The summed E-state index contributed by atoms with van der Waals surface area (Å²) in [6.45, 7) is 1.91. The van der Waals surface area contributed by atoms with Crippen molar-refractivity contribution in [2.45, 2.75) is 6.92 Å². The smallest absolute Gasteiger partial charge is 0.228 e. The molecular weight excluding hydrogens is 208 g/mol. The van der Waals surface area contributed by atoms with Crippen LogP contribution in [0.1, 0.15) is 5.56 Å². The van der Waals surface area contributed by atoms with E-state index in [4.69, 9.17) is 10.5 Å². The van der Waals surface area contributed by atoms with Gasteiger partial charge in [0.1, 0.15) is 0 Å². The van der Waals surface area contributed by atoms with E-state index in [9.17, 15) is 0 Å². The summed E-state index contributed by atoms with van der Waals surface area (Å²) in [7, 11) is 1.57. The van der Waals surface area contributed by atoms with Crippen LogP contribution in [0.3, 0.4) is 0 Å². The van der Waals surface area contributed by atoms with Crippen molar-refractivity contribution in [3.63, 3.8) is 0 Å². The van der Waals surface area contributed by atoms with E-state index in [2.05, 4.69) is 20.9 Å². The van der Waals surface area contributed by atoms with E-state index >= 15 is 0 Å². The summed E-state index contributed by atoms with van der Waals surface area (Å²) >= 11 is 3.32. The average molecular weight is 217 g/mol. The van der Waals surface area contributed by atoms with E-state index in [-0.39, 0.29) is 0 Å². The molecule has 0 saturated heterocycles. The van der Waals surface area contributed by atoms with Crippen molar-refractivity contribution in [2.75, 3.05) is 12.8 Å². The van der Waals surface area contributed by atoms with Gasteiger partial charge in [0.25, 0.3) is 0 Å². The predicted molar refractivity (Wildman–Crippen MR) is 47.6 cm³/mol. The van der Waals surface area contributed by atoms with Crippen molar-refractivity contribution >= 4 is 21.6 Å². The van der Waals surface area contributed by atoms with Gasteiger partial charge in [-0.25, -0.2) is 4.98 Å². The normalized spacial score (nSPS) is 9.73. The van der Waals surface area contributed by atoms with E-state index < -0.39 is 0 Å². The number of nitrogens with zero attached hydrogens (tertiary/aromatic N) is 1. The van der Waals surface area contributed by atoms with Crippen molar-refractivity contribution < 1.29 is 4.74 Å². The zero-order valence-electron chi connectivity index (χ0n) is 6.39. The topological polar surface area (TPSA) is 48.1 Å². The highest BCUT2D eigenvalue weighted by molar-refractivity contribution is 9.10. The summed E-state index contributed by atoms with van der Waals surface area (Å²) in [4.78, 5) is 3.96. The molecule has 0 bridgehead atoms. The molecule has 1 aromatic rings. The lowest BCUT2D eigenvalue weighted by Crippen LogP contribution is -1.96. The minimum Gasteiger partial charge on any atom is -0.480 e. The SMILES string of the molecule is COc1ncc(N)c(C)c1Br. The first-order valence-corrected chi connectivity index (χ1v) is 3.90. The number of hydrogen-bond donors (Lipinski definition) is 1. The Morgan fingerprint density at radius 1 is 1.64 bits per heavy atom. The van der Waals surface area contributed by atoms with Crippen molar-refractivity contribution in [1.29, 1.82) is 0 Å². The summed E-state index contributed by atoms with van der Waals surface area (Å²) in [5, 5.41) is 0. The standard InChI is InChI=1S/C7H9BrN2O/c1-4-5(9)3-10-7(11-2)6(4)8/h3H,9H2,1-2H3. The Bertz CT molecular complexity index is 275. The van der Waals surface area contributed by atoms with Crippen LogP contribution < -0.4 is 10.5 Å². The Morgan fingerprint density at radius 3 is 2.82 bits per heavy atom. The van der Waals surface area contributed by atoms with Gasteiger partial charge >= 0.3 is 0 Å². The molecule has 0 radical (unpaired) electrons. The molecule has 2 N–H and O–H groups in total. The molecule has 1 rings (SSSR count). The lowest BCUT2D eigenvalue weighted by molar-refractivity contribution is 0.395. The van der Waals surface area contributed by atoms with Crippen LogP contribution in [0.2, 0.25) is 0 Å². The summed E-state index contributed by atoms with van der Waals surface area (Å²) in [6, 6.07) is 0. The maximum atomic E-state index is 5.60. The molecule has 0 amide bonds. The lowest BCUT2D eigenvalue weighted by Gasteiger charge is -2.05. The molecule has 0 aliphatic rings. The Labute approximate surface area is 73.7 Å². The number of nitrogens with two attached hydrogens (primary N) is 1. The van der Waals surface area contributed by atoms with Crippen LogP contribution in [0.5, 0.6) is 5.88 Å². The molecule has 0 aromatic carbocycles. The predicted octanol–water partition coefficient (Wildman–Crippen LogP) is 1.74. The molecule has 0 aliphatic heterocycles. The number of aromatic nitrogens is 1. The summed E-state index contributed by atoms with van der Waals surface area (Å²) in [5.74, 6) is 0.566. The van der Waals surface area contributed by atoms with E-state index in [0.29, 0.717) is 11.6 Å². The second-order valence-corrected chi connectivity index (χ2v) is 2.95. The maximum absolute atomic E-state index is 5.60. The van der Waals surface area contributed by atoms with Crippen LogP contribution >= 0.6 is 15.9 Å². The van der Waals surface area contributed by atoms with Crippen molar-refractivity contribution in [2.24, 2.45) is 0 Å². The first-order valence-electron chi connectivity index (χ1n) is 3.11. The van der Waals surface area contributed by atoms with Gasteiger partial charge in [-0.15, -0.1) is 0 Å². The number of anilines is 1. The average Bonchev–Trinajstić information content (AvgIpc) is 2.01. The van der Waals surface area contributed by atoms with E-state index in [1.807, 2.05) is 6.92 Å². The minimum atomic E-state index is 0.566. The molecule has 0 atom stereocenters. The third kappa shape index (κ3) is 1.45. The molecular formula is C7H9BrN2O. The van der Waals surface area contributed by atoms with E-state index in [0.717, 1.165) is 10.0 Å². The van der Waals surface area contributed by atoms with Crippen molar-refractivity contribution in [3.8, 4) is 5.88 Å². The van der Waals surface area contributed by atoms with Crippen LogP contribution in [0.4, 0.5) is 5.69 Å². The van der Waals surface area contributed by atoms with Gasteiger partial charge in [0.05, 0.1) is 23.5 Å². The first-order chi connectivity index (χ1) is 5.16. The zero-order valence-corrected chi connectivity index (χ0v) is 7.97. The third-order valence-electron chi connectivity index (χ3n) is 1.46. The zero-order chi connectivity index (χ0) is 8.43. The Kier molecular flexibility index (Phi) is 2.34. The summed E-state index contributed by atoms with van der Waals surface area (Å²) in [6.07, 6.45) is 1.58. The molecule has 0 fully saturated rings. The minimum absolute atomic E-state index is 0.566. The first kappa shape index (κ1) is 8.33. The van der Waals surface area contributed by atoms with Gasteiger partial charge in [0, 0.05) is 0 Å². The molecule has 11 heavy (non-hydrogen) atoms. The molecule has 1 heterocycles. The second kappa shape index (κ2) is 3.09. The highest BCUT2D eigenvalue weighted by atomic mass is 79.9.